The summed E-state index contributed by atoms with van der Waals surface area (Å²) in [6, 6.07) is 9.71. The fourth-order valence-corrected chi connectivity index (χ4v) is 3.56. The molecule has 1 aromatic heterocycles. The molecule has 4 rings (SSSR count). The van der Waals surface area contributed by atoms with Gasteiger partial charge in [-0.3, -0.25) is 4.90 Å². The number of hydrogen-bond donors (Lipinski definition) is 1. The van der Waals surface area contributed by atoms with E-state index in [-0.39, 0.29) is 5.56 Å². The van der Waals surface area contributed by atoms with Crippen LogP contribution in [-0.4, -0.2) is 61.4 Å². The summed E-state index contributed by atoms with van der Waals surface area (Å²) >= 11 is 0. The summed E-state index contributed by atoms with van der Waals surface area (Å²) in [5.74, 6) is 1.13. The quantitative estimate of drug-likeness (QED) is 0.536. The summed E-state index contributed by atoms with van der Waals surface area (Å²) in [6.07, 6.45) is 2.31. The van der Waals surface area contributed by atoms with Crippen LogP contribution in [0.2, 0.25) is 0 Å². The first kappa shape index (κ1) is 21.7. The number of rotatable bonds is 8. The molecule has 1 aliphatic rings. The maximum atomic E-state index is 13.6. The number of methoxy groups -OCH3 is 1. The summed E-state index contributed by atoms with van der Waals surface area (Å²) in [4.78, 5) is 11.0. The Bertz CT molecular complexity index is 1130. The van der Waals surface area contributed by atoms with Gasteiger partial charge in [-0.2, -0.15) is 5.26 Å². The first-order chi connectivity index (χ1) is 15.7. The first-order valence-electron chi connectivity index (χ1n) is 10.4. The van der Waals surface area contributed by atoms with Gasteiger partial charge in [0.05, 0.1) is 38.0 Å². The Morgan fingerprint density at radius 3 is 2.81 bits per heavy atom. The van der Waals surface area contributed by atoms with Crippen molar-refractivity contribution in [3.63, 3.8) is 0 Å². The van der Waals surface area contributed by atoms with Gasteiger partial charge in [-0.25, -0.2) is 14.4 Å². The minimum atomic E-state index is -0.567. The SMILES string of the molecule is COc1cc2ncnc(Nc3ccc(F)c(C#N)c3)c2cc1OCCCN1CCOCC1. The fourth-order valence-electron chi connectivity index (χ4n) is 3.56. The van der Waals surface area contributed by atoms with E-state index in [1.807, 2.05) is 12.1 Å². The second kappa shape index (κ2) is 10.2. The number of nitriles is 1. The van der Waals surface area contributed by atoms with E-state index in [4.69, 9.17) is 19.5 Å². The van der Waals surface area contributed by atoms with Crippen LogP contribution in [0, 0.1) is 17.1 Å². The van der Waals surface area contributed by atoms with Crippen molar-refractivity contribution in [3.05, 3.63) is 48.0 Å². The molecule has 0 spiro atoms. The highest BCUT2D eigenvalue weighted by Gasteiger charge is 2.14. The van der Waals surface area contributed by atoms with Gasteiger partial charge in [0.2, 0.25) is 0 Å². The summed E-state index contributed by atoms with van der Waals surface area (Å²) in [7, 11) is 1.59. The van der Waals surface area contributed by atoms with Crippen molar-refractivity contribution in [1.82, 2.24) is 14.9 Å². The van der Waals surface area contributed by atoms with Gasteiger partial charge in [0.15, 0.2) is 11.5 Å². The van der Waals surface area contributed by atoms with Crippen LogP contribution in [0.4, 0.5) is 15.9 Å². The molecule has 0 radical (unpaired) electrons. The summed E-state index contributed by atoms with van der Waals surface area (Å²) in [5, 5.41) is 12.9. The second-order valence-electron chi connectivity index (χ2n) is 7.33. The molecule has 0 bridgehead atoms. The van der Waals surface area contributed by atoms with Crippen LogP contribution in [0.15, 0.2) is 36.7 Å². The van der Waals surface area contributed by atoms with Gasteiger partial charge >= 0.3 is 0 Å². The molecular weight excluding hydrogens is 413 g/mol. The highest BCUT2D eigenvalue weighted by molar-refractivity contribution is 5.93. The number of nitrogens with zero attached hydrogens (tertiary/aromatic N) is 4. The summed E-state index contributed by atoms with van der Waals surface area (Å²) in [6.45, 7) is 4.93. The zero-order valence-electron chi connectivity index (χ0n) is 17.8. The highest BCUT2D eigenvalue weighted by Crippen LogP contribution is 2.35. The molecule has 1 aliphatic heterocycles. The van der Waals surface area contributed by atoms with Crippen LogP contribution >= 0.6 is 0 Å². The molecule has 9 heteroatoms. The fraction of sp³-hybridized carbons (Fsp3) is 0.348. The van der Waals surface area contributed by atoms with Crippen LogP contribution in [0.1, 0.15) is 12.0 Å². The lowest BCUT2D eigenvalue weighted by Crippen LogP contribution is -2.37. The predicted octanol–water partition coefficient (Wildman–Crippen LogP) is 3.49. The van der Waals surface area contributed by atoms with Crippen molar-refractivity contribution in [2.45, 2.75) is 6.42 Å². The molecule has 1 N–H and O–H groups in total. The summed E-state index contributed by atoms with van der Waals surface area (Å²) < 4.78 is 30.5. The van der Waals surface area contributed by atoms with Crippen LogP contribution in [0.5, 0.6) is 11.5 Å². The van der Waals surface area contributed by atoms with E-state index in [0.29, 0.717) is 35.1 Å². The van der Waals surface area contributed by atoms with Gasteiger partial charge in [0, 0.05) is 36.8 Å². The van der Waals surface area contributed by atoms with Crippen molar-refractivity contribution in [3.8, 4) is 17.6 Å². The third-order valence-electron chi connectivity index (χ3n) is 5.25. The van der Waals surface area contributed by atoms with E-state index in [1.165, 1.54) is 18.5 Å². The van der Waals surface area contributed by atoms with Gasteiger partial charge in [-0.15, -0.1) is 0 Å². The van der Waals surface area contributed by atoms with E-state index >= 15 is 0 Å². The number of halogens is 1. The molecule has 3 aromatic rings. The number of fused-ring (bicyclic) bond motifs is 1. The van der Waals surface area contributed by atoms with Crippen molar-refractivity contribution in [2.24, 2.45) is 0 Å². The smallest absolute Gasteiger partial charge is 0.162 e. The summed E-state index contributed by atoms with van der Waals surface area (Å²) in [5.41, 5.74) is 1.17. The van der Waals surface area contributed by atoms with Crippen molar-refractivity contribution < 1.29 is 18.6 Å². The molecule has 0 unspecified atom stereocenters. The van der Waals surface area contributed by atoms with E-state index in [2.05, 4.69) is 20.2 Å². The minimum Gasteiger partial charge on any atom is -0.493 e. The third kappa shape index (κ3) is 5.04. The molecule has 1 fully saturated rings. The highest BCUT2D eigenvalue weighted by atomic mass is 19.1. The Hall–Kier alpha value is -3.48. The Morgan fingerprint density at radius 1 is 1.19 bits per heavy atom. The lowest BCUT2D eigenvalue weighted by molar-refractivity contribution is 0.0357. The van der Waals surface area contributed by atoms with E-state index in [1.54, 1.807) is 19.2 Å². The molecule has 0 saturated carbocycles. The van der Waals surface area contributed by atoms with Gasteiger partial charge < -0.3 is 19.5 Å². The van der Waals surface area contributed by atoms with Gasteiger partial charge in [-0.05, 0) is 30.7 Å². The van der Waals surface area contributed by atoms with E-state index in [0.717, 1.165) is 44.7 Å². The Balaban J connectivity index is 1.52. The number of hydrogen-bond acceptors (Lipinski definition) is 8. The van der Waals surface area contributed by atoms with Crippen LogP contribution in [0.3, 0.4) is 0 Å². The number of ether oxygens (including phenoxy) is 3. The number of anilines is 2. The average molecular weight is 437 g/mol. The average Bonchev–Trinajstić information content (AvgIpc) is 2.83. The van der Waals surface area contributed by atoms with Gasteiger partial charge in [-0.1, -0.05) is 0 Å². The predicted molar refractivity (Wildman–Crippen MR) is 118 cm³/mol. The van der Waals surface area contributed by atoms with E-state index < -0.39 is 5.82 Å². The Labute approximate surface area is 185 Å². The van der Waals surface area contributed by atoms with Crippen LogP contribution in [0.25, 0.3) is 10.9 Å². The third-order valence-corrected chi connectivity index (χ3v) is 5.25. The molecule has 2 heterocycles. The standard InChI is InChI=1S/C23H24FN5O3/c1-30-21-13-20-18(12-22(21)32-8-2-5-29-6-9-31-10-7-29)23(27-15-26-20)28-17-3-4-19(24)16(11-17)14-25/h3-4,11-13,15H,2,5-10H2,1H3,(H,26,27,28). The zero-order valence-corrected chi connectivity index (χ0v) is 17.8. The number of aromatic nitrogens is 2. The molecule has 32 heavy (non-hydrogen) atoms. The maximum absolute atomic E-state index is 13.6. The van der Waals surface area contributed by atoms with Crippen LogP contribution in [-0.2, 0) is 4.74 Å². The van der Waals surface area contributed by atoms with Crippen molar-refractivity contribution >= 4 is 22.4 Å². The Kier molecular flexibility index (Phi) is 6.94. The van der Waals surface area contributed by atoms with Crippen molar-refractivity contribution in [1.29, 1.82) is 5.26 Å². The minimum absolute atomic E-state index is 0.0423. The molecule has 0 aliphatic carbocycles. The molecular formula is C23H24FN5O3. The number of nitrogens with one attached hydrogen (secondary N) is 1. The molecule has 166 valence electrons. The molecule has 8 nitrogen and oxygen atoms in total. The number of benzene rings is 2. The normalized spacial score (nSPS) is 14.2. The first-order valence-corrected chi connectivity index (χ1v) is 10.4. The largest absolute Gasteiger partial charge is 0.493 e. The van der Waals surface area contributed by atoms with Crippen LogP contribution < -0.4 is 14.8 Å². The molecule has 1 saturated heterocycles. The topological polar surface area (TPSA) is 92.5 Å². The Morgan fingerprint density at radius 2 is 2.03 bits per heavy atom. The zero-order chi connectivity index (χ0) is 22.3. The molecule has 0 atom stereocenters. The van der Waals surface area contributed by atoms with Gasteiger partial charge in [0.25, 0.3) is 0 Å². The second-order valence-corrected chi connectivity index (χ2v) is 7.33. The lowest BCUT2D eigenvalue weighted by atomic mass is 10.1. The number of morpholine rings is 1. The van der Waals surface area contributed by atoms with Crippen molar-refractivity contribution in [2.75, 3.05) is 51.9 Å². The van der Waals surface area contributed by atoms with E-state index in [9.17, 15) is 4.39 Å². The lowest BCUT2D eigenvalue weighted by Gasteiger charge is -2.26. The molecule has 2 aromatic carbocycles. The monoisotopic (exact) mass is 437 g/mol. The van der Waals surface area contributed by atoms with Gasteiger partial charge in [0.1, 0.15) is 24.0 Å². The molecule has 0 amide bonds. The maximum Gasteiger partial charge on any atom is 0.162 e.